The Bertz CT molecular complexity index is 890. The van der Waals surface area contributed by atoms with Crippen LogP contribution in [0.15, 0.2) is 91.0 Å². The number of carbonyl (C=O) groups excluding carboxylic acids is 1. The Morgan fingerprint density at radius 3 is 1.50 bits per heavy atom. The van der Waals surface area contributed by atoms with Crippen LogP contribution in [0, 0.1) is 0 Å². The number of esters is 1. The van der Waals surface area contributed by atoms with Gasteiger partial charge in [-0.1, -0.05) is 91.0 Å². The van der Waals surface area contributed by atoms with E-state index in [1.54, 1.807) is 0 Å². The van der Waals surface area contributed by atoms with E-state index in [9.17, 15) is 4.79 Å². The van der Waals surface area contributed by atoms with E-state index in [4.69, 9.17) is 14.2 Å². The van der Waals surface area contributed by atoms with Gasteiger partial charge in [-0.15, -0.1) is 0 Å². The van der Waals surface area contributed by atoms with Gasteiger partial charge < -0.3 is 14.2 Å². The van der Waals surface area contributed by atoms with Crippen molar-refractivity contribution >= 4 is 5.97 Å². The smallest absolute Gasteiger partial charge is 0.366 e. The van der Waals surface area contributed by atoms with E-state index in [2.05, 4.69) is 78.1 Å². The average Bonchev–Trinajstić information content (AvgIpc) is 2.90. The fourth-order valence-corrected chi connectivity index (χ4v) is 4.50. The van der Waals surface area contributed by atoms with Crippen LogP contribution < -0.4 is 5.32 Å². The largest absolute Gasteiger partial charge is 0.465 e. The van der Waals surface area contributed by atoms with Gasteiger partial charge in [-0.05, 0) is 43.5 Å². The maximum atomic E-state index is 12.6. The van der Waals surface area contributed by atoms with Crippen molar-refractivity contribution in [2.75, 3.05) is 26.9 Å². The highest BCUT2D eigenvalue weighted by atomic mass is 16.7. The van der Waals surface area contributed by atoms with Gasteiger partial charge in [0.15, 0.2) is 0 Å². The lowest BCUT2D eigenvalue weighted by atomic mass is 9.77. The number of nitrogens with one attached hydrogen (secondary N) is 1. The SMILES string of the molecule is CCOC(CCCNC(c1ccccc1)(c1ccccc1)c1ccccc1)(OCC)C(=O)OC. The molecule has 34 heavy (non-hydrogen) atoms. The summed E-state index contributed by atoms with van der Waals surface area (Å²) in [6, 6.07) is 31.3. The molecule has 0 aliphatic rings. The van der Waals surface area contributed by atoms with Crippen LogP contribution >= 0.6 is 0 Å². The van der Waals surface area contributed by atoms with E-state index in [0.29, 0.717) is 32.6 Å². The number of hydrogen-bond donors (Lipinski definition) is 1. The number of ether oxygens (including phenoxy) is 3. The minimum Gasteiger partial charge on any atom is -0.465 e. The van der Waals surface area contributed by atoms with E-state index in [1.807, 2.05) is 32.0 Å². The first-order valence-corrected chi connectivity index (χ1v) is 11.9. The molecular weight excluding hydrogens is 426 g/mol. The summed E-state index contributed by atoms with van der Waals surface area (Å²) in [5, 5.41) is 3.83. The van der Waals surface area contributed by atoms with Crippen molar-refractivity contribution in [3.63, 3.8) is 0 Å². The summed E-state index contributed by atoms with van der Waals surface area (Å²) in [6.45, 7) is 5.02. The predicted molar refractivity (Wildman–Crippen MR) is 134 cm³/mol. The van der Waals surface area contributed by atoms with Gasteiger partial charge in [-0.3, -0.25) is 5.32 Å². The van der Waals surface area contributed by atoms with Crippen LogP contribution in [0.4, 0.5) is 0 Å². The summed E-state index contributed by atoms with van der Waals surface area (Å²) >= 11 is 0. The Hall–Kier alpha value is -2.99. The Labute approximate surface area is 203 Å². The summed E-state index contributed by atoms with van der Waals surface area (Å²) in [4.78, 5) is 12.6. The molecule has 0 atom stereocenters. The van der Waals surface area contributed by atoms with Crippen LogP contribution in [-0.2, 0) is 24.5 Å². The molecule has 180 valence electrons. The highest BCUT2D eigenvalue weighted by Gasteiger charge is 2.42. The molecule has 0 bridgehead atoms. The molecule has 5 nitrogen and oxygen atoms in total. The number of methoxy groups -OCH3 is 1. The lowest BCUT2D eigenvalue weighted by molar-refractivity contribution is -0.246. The lowest BCUT2D eigenvalue weighted by Crippen LogP contribution is -2.48. The molecule has 0 spiro atoms. The maximum absolute atomic E-state index is 12.6. The second kappa shape index (κ2) is 12.5. The molecule has 0 unspecified atom stereocenters. The molecule has 3 rings (SSSR count). The third kappa shape index (κ3) is 5.55. The Balaban J connectivity index is 1.95. The first-order chi connectivity index (χ1) is 16.6. The zero-order chi connectivity index (χ0) is 24.3. The van der Waals surface area contributed by atoms with Gasteiger partial charge in [-0.25, -0.2) is 4.79 Å². The average molecular weight is 462 g/mol. The fraction of sp³-hybridized carbons (Fsp3) is 0.345. The summed E-state index contributed by atoms with van der Waals surface area (Å²) in [7, 11) is 1.36. The van der Waals surface area contributed by atoms with Crippen LogP contribution in [0.25, 0.3) is 0 Å². The van der Waals surface area contributed by atoms with Gasteiger partial charge in [-0.2, -0.15) is 0 Å². The van der Waals surface area contributed by atoms with E-state index < -0.39 is 17.3 Å². The second-order valence-corrected chi connectivity index (χ2v) is 7.99. The molecule has 3 aromatic rings. The van der Waals surface area contributed by atoms with Crippen molar-refractivity contribution in [3.05, 3.63) is 108 Å². The van der Waals surface area contributed by atoms with Gasteiger partial charge in [0.1, 0.15) is 0 Å². The number of rotatable bonds is 13. The Kier molecular flexibility index (Phi) is 9.40. The summed E-state index contributed by atoms with van der Waals surface area (Å²) < 4.78 is 16.6. The van der Waals surface area contributed by atoms with Gasteiger partial charge in [0.25, 0.3) is 5.79 Å². The molecule has 0 heterocycles. The molecular formula is C29H35NO4. The van der Waals surface area contributed by atoms with Gasteiger partial charge >= 0.3 is 5.97 Å². The van der Waals surface area contributed by atoms with Gasteiger partial charge in [0.05, 0.1) is 12.6 Å². The molecule has 0 aliphatic carbocycles. The number of benzene rings is 3. The van der Waals surface area contributed by atoms with Crippen LogP contribution in [-0.4, -0.2) is 38.6 Å². The summed E-state index contributed by atoms with van der Waals surface area (Å²) in [5.41, 5.74) is 2.86. The molecule has 3 aromatic carbocycles. The first kappa shape index (κ1) is 25.6. The topological polar surface area (TPSA) is 56.8 Å². The zero-order valence-electron chi connectivity index (χ0n) is 20.3. The van der Waals surface area contributed by atoms with Crippen molar-refractivity contribution in [1.82, 2.24) is 5.32 Å². The van der Waals surface area contributed by atoms with Gasteiger partial charge in [0, 0.05) is 19.6 Å². The number of hydrogen-bond acceptors (Lipinski definition) is 5. The highest BCUT2D eigenvalue weighted by molar-refractivity contribution is 5.77. The molecule has 5 heteroatoms. The van der Waals surface area contributed by atoms with Crippen molar-refractivity contribution in [1.29, 1.82) is 0 Å². The molecule has 0 saturated carbocycles. The van der Waals surface area contributed by atoms with Crippen molar-refractivity contribution in [2.24, 2.45) is 0 Å². The maximum Gasteiger partial charge on any atom is 0.366 e. The molecule has 0 amide bonds. The number of carbonyl (C=O) groups is 1. The lowest BCUT2D eigenvalue weighted by Gasteiger charge is -2.37. The minimum atomic E-state index is -1.39. The molecule has 1 N–H and O–H groups in total. The van der Waals surface area contributed by atoms with Crippen LogP contribution in [0.5, 0.6) is 0 Å². The normalized spacial score (nSPS) is 11.9. The third-order valence-corrected chi connectivity index (χ3v) is 5.94. The third-order valence-electron chi connectivity index (χ3n) is 5.94. The highest BCUT2D eigenvalue weighted by Crippen LogP contribution is 2.37. The fourth-order valence-electron chi connectivity index (χ4n) is 4.50. The van der Waals surface area contributed by atoms with Crippen LogP contribution in [0.1, 0.15) is 43.4 Å². The monoisotopic (exact) mass is 461 g/mol. The summed E-state index contributed by atoms with van der Waals surface area (Å²) in [5.74, 6) is -1.90. The molecule has 0 aromatic heterocycles. The second-order valence-electron chi connectivity index (χ2n) is 7.99. The van der Waals surface area contributed by atoms with Crippen LogP contribution in [0.3, 0.4) is 0 Å². The van der Waals surface area contributed by atoms with E-state index >= 15 is 0 Å². The first-order valence-electron chi connectivity index (χ1n) is 11.9. The van der Waals surface area contributed by atoms with E-state index in [0.717, 1.165) is 16.7 Å². The van der Waals surface area contributed by atoms with E-state index in [1.165, 1.54) is 7.11 Å². The predicted octanol–water partition coefficient (Wildman–Crippen LogP) is 5.29. The van der Waals surface area contributed by atoms with Crippen molar-refractivity contribution in [3.8, 4) is 0 Å². The van der Waals surface area contributed by atoms with Gasteiger partial charge in [0.2, 0.25) is 0 Å². The van der Waals surface area contributed by atoms with Crippen molar-refractivity contribution in [2.45, 2.75) is 38.0 Å². The quantitative estimate of drug-likeness (QED) is 0.162. The molecule has 0 radical (unpaired) electrons. The van der Waals surface area contributed by atoms with Crippen molar-refractivity contribution < 1.29 is 19.0 Å². The van der Waals surface area contributed by atoms with E-state index in [-0.39, 0.29) is 0 Å². The molecule has 0 saturated heterocycles. The summed E-state index contributed by atoms with van der Waals surface area (Å²) in [6.07, 6.45) is 1.02. The zero-order valence-corrected chi connectivity index (χ0v) is 20.3. The van der Waals surface area contributed by atoms with Crippen LogP contribution in [0.2, 0.25) is 0 Å². The molecule has 0 fully saturated rings. The Morgan fingerprint density at radius 1 is 0.735 bits per heavy atom. The Morgan fingerprint density at radius 2 is 1.15 bits per heavy atom. The molecule has 0 aliphatic heterocycles. The minimum absolute atomic E-state index is 0.352. The standard InChI is InChI=1S/C29H35NO4/c1-4-33-28(34-5-2,27(31)32-3)22-15-23-30-29(24-16-9-6-10-17-24,25-18-11-7-12-19-25)26-20-13-8-14-21-26/h6-14,16-21,30H,4-5,15,22-23H2,1-3H3.